The average molecular weight is 206 g/mol. The van der Waals surface area contributed by atoms with E-state index in [9.17, 15) is 22.4 Å². The maximum atomic E-state index is 12.3. The van der Waals surface area contributed by atoms with Crippen LogP contribution >= 0.6 is 11.6 Å². The summed E-state index contributed by atoms with van der Waals surface area (Å²) in [6, 6.07) is 0. The van der Waals surface area contributed by atoms with Gasteiger partial charge in [0.1, 0.15) is 0 Å². The summed E-state index contributed by atoms with van der Waals surface area (Å²) in [6.45, 7) is -2.63. The molecular formula is C5H4ClF4NO. The fourth-order valence-electron chi connectivity index (χ4n) is 0.891. The molecule has 70 valence electrons. The monoisotopic (exact) mass is 205 g/mol. The van der Waals surface area contributed by atoms with Crippen molar-refractivity contribution in [1.29, 1.82) is 0 Å². The van der Waals surface area contributed by atoms with E-state index in [1.165, 1.54) is 0 Å². The summed E-state index contributed by atoms with van der Waals surface area (Å²) in [5.41, 5.74) is 0. The Balaban J connectivity index is 2.81. The highest BCUT2D eigenvalue weighted by atomic mass is 35.5. The molecule has 1 aliphatic heterocycles. The van der Waals surface area contributed by atoms with Gasteiger partial charge in [-0.1, -0.05) is 0 Å². The number of halogens is 5. The van der Waals surface area contributed by atoms with E-state index in [1.807, 2.05) is 0 Å². The van der Waals surface area contributed by atoms with Gasteiger partial charge in [0, 0.05) is 0 Å². The zero-order chi connectivity index (χ0) is 9.57. The lowest BCUT2D eigenvalue weighted by atomic mass is 10.2. The molecule has 0 aromatic heterocycles. The standard InChI is InChI=1S/C5H4ClF4NO/c6-3(12)11-1-4(7,8)5(9,10)2-11/h1-2H2. The fraction of sp³-hybridized carbons (Fsp3) is 0.800. The minimum Gasteiger partial charge on any atom is -0.317 e. The van der Waals surface area contributed by atoms with E-state index < -0.39 is 30.3 Å². The highest BCUT2D eigenvalue weighted by Gasteiger charge is 2.63. The Hall–Kier alpha value is -0.520. The number of likely N-dealkylation sites (tertiary alicyclic amines) is 1. The third-order valence-electron chi connectivity index (χ3n) is 1.56. The molecule has 1 saturated heterocycles. The van der Waals surface area contributed by atoms with Gasteiger partial charge in [0.2, 0.25) is 0 Å². The zero-order valence-electron chi connectivity index (χ0n) is 5.66. The number of carbonyl (C=O) groups excluding carboxylic acids is 1. The van der Waals surface area contributed by atoms with Crippen molar-refractivity contribution in [2.24, 2.45) is 0 Å². The van der Waals surface area contributed by atoms with Gasteiger partial charge in [-0.15, -0.1) is 0 Å². The average Bonchev–Trinajstić information content (AvgIpc) is 2.03. The van der Waals surface area contributed by atoms with Crippen molar-refractivity contribution in [3.05, 3.63) is 0 Å². The first-order valence-electron chi connectivity index (χ1n) is 2.96. The van der Waals surface area contributed by atoms with Crippen LogP contribution in [0.4, 0.5) is 22.4 Å². The highest BCUT2D eigenvalue weighted by Crippen LogP contribution is 2.41. The minimum absolute atomic E-state index is 0.210. The molecule has 0 aromatic rings. The Morgan fingerprint density at radius 3 is 1.67 bits per heavy atom. The SMILES string of the molecule is O=C(Cl)N1CC(F)(F)C(F)(F)C1. The lowest BCUT2D eigenvalue weighted by molar-refractivity contribution is -0.172. The molecule has 0 N–H and O–H groups in total. The Labute approximate surface area is 70.1 Å². The maximum Gasteiger partial charge on any atom is 0.329 e. The van der Waals surface area contributed by atoms with Crippen LogP contribution in [0.25, 0.3) is 0 Å². The van der Waals surface area contributed by atoms with E-state index in [4.69, 9.17) is 11.6 Å². The first-order chi connectivity index (χ1) is 5.26. The number of carbonyl (C=O) groups is 1. The maximum absolute atomic E-state index is 12.3. The van der Waals surface area contributed by atoms with Gasteiger partial charge < -0.3 is 4.90 Å². The summed E-state index contributed by atoms with van der Waals surface area (Å²) in [4.78, 5) is 10.5. The van der Waals surface area contributed by atoms with Crippen LogP contribution in [0.15, 0.2) is 0 Å². The normalized spacial score (nSPS) is 25.9. The summed E-state index contributed by atoms with van der Waals surface area (Å²) < 4.78 is 49.3. The van der Waals surface area contributed by atoms with Crippen LogP contribution in [0.5, 0.6) is 0 Å². The van der Waals surface area contributed by atoms with Crippen molar-refractivity contribution in [3.8, 4) is 0 Å². The molecule has 0 aromatic carbocycles. The van der Waals surface area contributed by atoms with Crippen LogP contribution in [0.3, 0.4) is 0 Å². The first-order valence-corrected chi connectivity index (χ1v) is 3.34. The molecule has 1 aliphatic rings. The van der Waals surface area contributed by atoms with Crippen molar-refractivity contribution in [2.45, 2.75) is 11.8 Å². The van der Waals surface area contributed by atoms with Gasteiger partial charge in [-0.05, 0) is 11.6 Å². The van der Waals surface area contributed by atoms with Crippen LogP contribution in [0.1, 0.15) is 0 Å². The quantitative estimate of drug-likeness (QED) is 0.336. The van der Waals surface area contributed by atoms with E-state index in [1.54, 1.807) is 0 Å². The molecule has 0 saturated carbocycles. The molecule has 0 unspecified atom stereocenters. The van der Waals surface area contributed by atoms with Crippen LogP contribution in [-0.4, -0.2) is 35.2 Å². The number of nitrogens with zero attached hydrogens (tertiary/aromatic N) is 1. The van der Waals surface area contributed by atoms with Gasteiger partial charge in [0.15, 0.2) is 0 Å². The topological polar surface area (TPSA) is 20.3 Å². The summed E-state index contributed by atoms with van der Waals surface area (Å²) in [7, 11) is 0. The Kier molecular flexibility index (Phi) is 1.98. The Morgan fingerprint density at radius 1 is 1.17 bits per heavy atom. The van der Waals surface area contributed by atoms with Crippen LogP contribution in [-0.2, 0) is 0 Å². The fourth-order valence-corrected chi connectivity index (χ4v) is 1.01. The summed E-state index contributed by atoms with van der Waals surface area (Å²) in [5.74, 6) is -8.34. The number of alkyl halides is 4. The first kappa shape index (κ1) is 9.57. The summed E-state index contributed by atoms with van der Waals surface area (Å²) >= 11 is 4.76. The molecular weight excluding hydrogens is 202 g/mol. The van der Waals surface area contributed by atoms with Crippen LogP contribution < -0.4 is 0 Å². The second-order valence-electron chi connectivity index (χ2n) is 2.52. The van der Waals surface area contributed by atoms with E-state index in [0.29, 0.717) is 0 Å². The van der Waals surface area contributed by atoms with Crippen molar-refractivity contribution < 1.29 is 22.4 Å². The highest BCUT2D eigenvalue weighted by molar-refractivity contribution is 6.62. The number of hydrogen-bond donors (Lipinski definition) is 0. The Morgan fingerprint density at radius 2 is 1.50 bits per heavy atom. The largest absolute Gasteiger partial charge is 0.329 e. The molecule has 7 heteroatoms. The lowest BCUT2D eigenvalue weighted by Gasteiger charge is -2.14. The van der Waals surface area contributed by atoms with Gasteiger partial charge in [-0.3, -0.25) is 4.79 Å². The van der Waals surface area contributed by atoms with Gasteiger partial charge in [0.25, 0.3) is 0 Å². The smallest absolute Gasteiger partial charge is 0.317 e. The van der Waals surface area contributed by atoms with Crippen LogP contribution in [0.2, 0.25) is 0 Å². The number of hydrogen-bond acceptors (Lipinski definition) is 1. The second-order valence-corrected chi connectivity index (χ2v) is 2.84. The number of rotatable bonds is 0. The van der Waals surface area contributed by atoms with Gasteiger partial charge in [0.05, 0.1) is 13.1 Å². The minimum atomic E-state index is -4.17. The van der Waals surface area contributed by atoms with Crippen molar-refractivity contribution >= 4 is 17.0 Å². The van der Waals surface area contributed by atoms with Gasteiger partial charge in [-0.2, -0.15) is 17.6 Å². The van der Waals surface area contributed by atoms with Gasteiger partial charge in [-0.25, -0.2) is 0 Å². The molecule has 0 atom stereocenters. The molecule has 1 amide bonds. The molecule has 0 bridgehead atoms. The molecule has 0 aliphatic carbocycles. The van der Waals surface area contributed by atoms with Crippen molar-refractivity contribution in [3.63, 3.8) is 0 Å². The number of amides is 1. The molecule has 1 heterocycles. The van der Waals surface area contributed by atoms with E-state index in [2.05, 4.69) is 0 Å². The van der Waals surface area contributed by atoms with E-state index in [0.717, 1.165) is 0 Å². The summed E-state index contributed by atoms with van der Waals surface area (Å²) in [5, 5.41) is -1.29. The van der Waals surface area contributed by atoms with E-state index >= 15 is 0 Å². The zero-order valence-corrected chi connectivity index (χ0v) is 6.42. The molecule has 1 fully saturated rings. The van der Waals surface area contributed by atoms with Crippen LogP contribution in [0, 0.1) is 0 Å². The lowest BCUT2D eigenvalue weighted by Crippen LogP contribution is -2.38. The third-order valence-corrected chi connectivity index (χ3v) is 1.80. The second kappa shape index (κ2) is 2.48. The molecule has 2 nitrogen and oxygen atoms in total. The molecule has 0 radical (unpaired) electrons. The third kappa shape index (κ3) is 1.35. The molecule has 1 rings (SSSR count). The van der Waals surface area contributed by atoms with Crippen molar-refractivity contribution in [2.75, 3.05) is 13.1 Å². The molecule has 12 heavy (non-hydrogen) atoms. The van der Waals surface area contributed by atoms with E-state index in [-0.39, 0.29) is 4.90 Å². The van der Waals surface area contributed by atoms with Gasteiger partial charge >= 0.3 is 17.2 Å². The van der Waals surface area contributed by atoms with Crippen molar-refractivity contribution in [1.82, 2.24) is 4.90 Å². The predicted molar refractivity (Wildman–Crippen MR) is 32.7 cm³/mol. The Bertz CT molecular complexity index is 203. The summed E-state index contributed by atoms with van der Waals surface area (Å²) in [6.07, 6.45) is 0. The molecule has 0 spiro atoms. The predicted octanol–water partition coefficient (Wildman–Crippen LogP) is 1.93.